The fourth-order valence-corrected chi connectivity index (χ4v) is 4.23. The molecule has 0 atom stereocenters. The van der Waals surface area contributed by atoms with Crippen molar-refractivity contribution in [3.63, 3.8) is 0 Å². The van der Waals surface area contributed by atoms with Crippen LogP contribution in [-0.4, -0.2) is 48.0 Å². The number of nitrogens with zero attached hydrogens (tertiary/aromatic N) is 1. The van der Waals surface area contributed by atoms with Crippen molar-refractivity contribution in [1.82, 2.24) is 14.9 Å². The Morgan fingerprint density at radius 1 is 1.00 bits per heavy atom. The smallest absolute Gasteiger partial charge is 0.323 e. The number of aromatic nitrogens is 2. The van der Waals surface area contributed by atoms with Gasteiger partial charge in [-0.05, 0) is 55.6 Å². The number of hydrogen-bond acceptors (Lipinski definition) is 5. The van der Waals surface area contributed by atoms with Crippen molar-refractivity contribution < 1.29 is 14.3 Å². The lowest BCUT2D eigenvalue weighted by molar-refractivity contribution is 0.103. The molecular weight excluding hydrogens is 430 g/mol. The number of methoxy groups -OCH3 is 2. The number of imidazole rings is 1. The van der Waals surface area contributed by atoms with Crippen molar-refractivity contribution in [2.24, 2.45) is 0 Å². The van der Waals surface area contributed by atoms with Gasteiger partial charge in [0.2, 0.25) is 5.78 Å². The molecule has 0 radical (unpaired) electrons. The fourth-order valence-electron chi connectivity index (χ4n) is 4.23. The van der Waals surface area contributed by atoms with Gasteiger partial charge in [-0.1, -0.05) is 30.3 Å². The summed E-state index contributed by atoms with van der Waals surface area (Å²) in [5.41, 5.74) is 2.34. The monoisotopic (exact) mass is 457 g/mol. The Morgan fingerprint density at radius 2 is 1.69 bits per heavy atom. The lowest BCUT2D eigenvalue weighted by atomic mass is 9.89. The van der Waals surface area contributed by atoms with Crippen LogP contribution in [0.25, 0.3) is 0 Å². The molecule has 7 nitrogen and oxygen atoms in total. The zero-order valence-corrected chi connectivity index (χ0v) is 19.0. The molecule has 0 unspecified atom stereocenters. The van der Waals surface area contributed by atoms with Crippen LogP contribution in [0.1, 0.15) is 46.1 Å². The number of carbonyl (C=O) groups excluding carboxylic acids is 1. The van der Waals surface area contributed by atoms with E-state index in [-0.39, 0.29) is 23.9 Å². The van der Waals surface area contributed by atoms with Gasteiger partial charge in [0.15, 0.2) is 11.5 Å². The van der Waals surface area contributed by atoms with Gasteiger partial charge in [0, 0.05) is 12.1 Å². The van der Waals surface area contributed by atoms with E-state index in [9.17, 15) is 9.59 Å². The summed E-state index contributed by atoms with van der Waals surface area (Å²) in [5.74, 6) is 1.31. The Morgan fingerprint density at radius 3 is 2.34 bits per heavy atom. The van der Waals surface area contributed by atoms with Crippen LogP contribution in [0.3, 0.4) is 0 Å². The Hall–Kier alpha value is -3.03. The molecule has 1 fully saturated rings. The van der Waals surface area contributed by atoms with Crippen LogP contribution in [0.15, 0.2) is 53.3 Å². The minimum absolute atomic E-state index is 0. The molecule has 0 saturated carbocycles. The first-order valence-corrected chi connectivity index (χ1v) is 10.4. The lowest BCUT2D eigenvalue weighted by Gasteiger charge is -2.32. The van der Waals surface area contributed by atoms with Crippen molar-refractivity contribution in [2.45, 2.75) is 25.3 Å². The summed E-state index contributed by atoms with van der Waals surface area (Å²) in [5, 5.41) is 0. The number of H-pyrrole nitrogens is 2. The van der Waals surface area contributed by atoms with Gasteiger partial charge in [0.05, 0.1) is 19.9 Å². The highest BCUT2D eigenvalue weighted by Gasteiger charge is 2.24. The number of halogens is 1. The van der Waals surface area contributed by atoms with E-state index >= 15 is 0 Å². The van der Waals surface area contributed by atoms with Crippen molar-refractivity contribution in [3.05, 3.63) is 81.5 Å². The molecule has 0 bridgehead atoms. The second-order valence-electron chi connectivity index (χ2n) is 7.79. The van der Waals surface area contributed by atoms with Crippen LogP contribution in [0.4, 0.5) is 0 Å². The molecule has 2 N–H and O–H groups in total. The molecule has 1 aromatic heterocycles. The Balaban J connectivity index is 0.00000289. The van der Waals surface area contributed by atoms with Gasteiger partial charge in [0.25, 0.3) is 0 Å². The van der Waals surface area contributed by atoms with Crippen molar-refractivity contribution in [3.8, 4) is 11.5 Å². The predicted molar refractivity (Wildman–Crippen MR) is 125 cm³/mol. The van der Waals surface area contributed by atoms with Crippen LogP contribution < -0.4 is 15.2 Å². The number of carbonyl (C=O) groups is 1. The molecule has 32 heavy (non-hydrogen) atoms. The molecule has 0 spiro atoms. The molecule has 170 valence electrons. The number of benzene rings is 2. The summed E-state index contributed by atoms with van der Waals surface area (Å²) in [4.78, 5) is 32.9. The summed E-state index contributed by atoms with van der Waals surface area (Å²) in [7, 11) is 3.07. The highest BCUT2D eigenvalue weighted by Crippen LogP contribution is 2.30. The average molecular weight is 458 g/mol. The minimum Gasteiger partial charge on any atom is -0.493 e. The normalized spacial score (nSPS) is 14.6. The Bertz CT molecular complexity index is 1100. The molecule has 2 heterocycles. The highest BCUT2D eigenvalue weighted by atomic mass is 35.5. The number of likely N-dealkylation sites (tertiary alicyclic amines) is 1. The van der Waals surface area contributed by atoms with Gasteiger partial charge < -0.3 is 19.4 Å². The highest BCUT2D eigenvalue weighted by molar-refractivity contribution is 6.08. The molecule has 8 heteroatoms. The van der Waals surface area contributed by atoms with E-state index in [1.165, 1.54) is 12.7 Å². The van der Waals surface area contributed by atoms with Gasteiger partial charge in [-0.2, -0.15) is 0 Å². The topological polar surface area (TPSA) is 87.4 Å². The van der Waals surface area contributed by atoms with Crippen LogP contribution in [0.5, 0.6) is 11.5 Å². The van der Waals surface area contributed by atoms with Gasteiger partial charge in [-0.15, -0.1) is 12.4 Å². The van der Waals surface area contributed by atoms with Gasteiger partial charge in [0.1, 0.15) is 5.69 Å². The predicted octanol–water partition coefficient (Wildman–Crippen LogP) is 3.75. The molecular formula is C24H28ClN3O4. The van der Waals surface area contributed by atoms with Crippen LogP contribution in [-0.2, 0) is 6.54 Å². The van der Waals surface area contributed by atoms with E-state index in [1.807, 2.05) is 6.07 Å². The SMILES string of the molecule is COc1ccc(C(=O)c2[nH]c(=O)[nH]c2CN2CCC(c3ccccc3)CC2)cc1OC.Cl. The third-order valence-corrected chi connectivity index (χ3v) is 5.92. The number of ether oxygens (including phenoxy) is 2. The fraction of sp³-hybridized carbons (Fsp3) is 0.333. The standard InChI is InChI=1S/C24H27N3O4.ClH/c1-30-20-9-8-18(14-21(20)31-2)23(28)22-19(25-24(29)26-22)15-27-12-10-17(11-13-27)16-6-4-3-5-7-16;/h3-9,14,17H,10-13,15H2,1-2H3,(H2,25,26,29);1H. The largest absolute Gasteiger partial charge is 0.493 e. The van der Waals surface area contributed by atoms with E-state index in [0.29, 0.717) is 40.9 Å². The molecule has 1 aliphatic rings. The number of ketones is 1. The minimum atomic E-state index is -0.377. The first-order chi connectivity index (χ1) is 15.1. The lowest BCUT2D eigenvalue weighted by Crippen LogP contribution is -2.33. The second kappa shape index (κ2) is 10.5. The quantitative estimate of drug-likeness (QED) is 0.527. The summed E-state index contributed by atoms with van der Waals surface area (Å²) in [6, 6.07) is 15.6. The molecule has 0 amide bonds. The van der Waals surface area contributed by atoms with Crippen LogP contribution >= 0.6 is 12.4 Å². The molecule has 4 rings (SSSR count). The second-order valence-corrected chi connectivity index (χ2v) is 7.79. The number of rotatable bonds is 7. The summed E-state index contributed by atoms with van der Waals surface area (Å²) < 4.78 is 10.5. The van der Waals surface area contributed by atoms with E-state index in [1.54, 1.807) is 25.3 Å². The molecule has 3 aromatic rings. The maximum Gasteiger partial charge on any atom is 0.323 e. The van der Waals surface area contributed by atoms with E-state index in [0.717, 1.165) is 25.9 Å². The van der Waals surface area contributed by atoms with E-state index in [2.05, 4.69) is 39.1 Å². The number of hydrogen-bond donors (Lipinski definition) is 2. The molecule has 2 aromatic carbocycles. The van der Waals surface area contributed by atoms with Crippen LogP contribution in [0.2, 0.25) is 0 Å². The first kappa shape index (κ1) is 23.6. The van der Waals surface area contributed by atoms with Gasteiger partial charge in [-0.3, -0.25) is 9.69 Å². The summed E-state index contributed by atoms with van der Waals surface area (Å²) >= 11 is 0. The third kappa shape index (κ3) is 5.06. The van der Waals surface area contributed by atoms with Crippen molar-refractivity contribution in [2.75, 3.05) is 27.3 Å². The van der Waals surface area contributed by atoms with E-state index < -0.39 is 0 Å². The third-order valence-electron chi connectivity index (χ3n) is 5.92. The number of piperidine rings is 1. The average Bonchev–Trinajstić information content (AvgIpc) is 3.19. The summed E-state index contributed by atoms with van der Waals surface area (Å²) in [6.07, 6.45) is 2.11. The maximum absolute atomic E-state index is 13.1. The van der Waals surface area contributed by atoms with E-state index in [4.69, 9.17) is 9.47 Å². The van der Waals surface area contributed by atoms with Gasteiger partial charge >= 0.3 is 5.69 Å². The van der Waals surface area contributed by atoms with Crippen molar-refractivity contribution in [1.29, 1.82) is 0 Å². The molecule has 1 saturated heterocycles. The van der Waals surface area contributed by atoms with Crippen LogP contribution in [0, 0.1) is 0 Å². The summed E-state index contributed by atoms with van der Waals surface area (Å²) in [6.45, 7) is 2.35. The number of aromatic amines is 2. The zero-order chi connectivity index (χ0) is 21.8. The molecule has 0 aliphatic carbocycles. The number of nitrogens with one attached hydrogen (secondary N) is 2. The Kier molecular flexibility index (Phi) is 7.77. The van der Waals surface area contributed by atoms with Gasteiger partial charge in [-0.25, -0.2) is 4.79 Å². The van der Waals surface area contributed by atoms with Crippen molar-refractivity contribution >= 4 is 18.2 Å². The zero-order valence-electron chi connectivity index (χ0n) is 18.2. The first-order valence-electron chi connectivity index (χ1n) is 10.4. The maximum atomic E-state index is 13.1. The Labute approximate surface area is 193 Å². The molecule has 1 aliphatic heterocycles.